The molecule has 0 spiro atoms. The third-order valence-corrected chi connectivity index (χ3v) is 6.64. The maximum Gasteiger partial charge on any atom is 0.264 e. The molecule has 8 heteroatoms. The van der Waals surface area contributed by atoms with Crippen molar-refractivity contribution >= 4 is 21.6 Å². The van der Waals surface area contributed by atoms with Crippen molar-refractivity contribution in [2.45, 2.75) is 43.5 Å². The topological polar surface area (TPSA) is 84.5 Å². The maximum atomic E-state index is 14.4. The Bertz CT molecular complexity index is 994. The van der Waals surface area contributed by atoms with E-state index in [0.717, 1.165) is 37.8 Å². The third-order valence-electron chi connectivity index (χ3n) is 5.26. The Morgan fingerprint density at radius 1 is 1.14 bits per heavy atom. The Balaban J connectivity index is 1.85. The highest BCUT2D eigenvalue weighted by atomic mass is 32.2. The number of rotatable bonds is 6. The number of nitrogens with one attached hydrogen (secondary N) is 2. The number of carbonyl (C=O) groups is 1. The van der Waals surface area contributed by atoms with Gasteiger partial charge in [0, 0.05) is 11.6 Å². The average molecular weight is 421 g/mol. The summed E-state index contributed by atoms with van der Waals surface area (Å²) in [6, 6.07) is 9.80. The van der Waals surface area contributed by atoms with Gasteiger partial charge in [-0.15, -0.1) is 0 Å². The minimum Gasteiger partial charge on any atom is -0.495 e. The van der Waals surface area contributed by atoms with Gasteiger partial charge in [-0.05, 0) is 49.1 Å². The molecule has 0 unspecified atom stereocenters. The first-order valence-electron chi connectivity index (χ1n) is 9.58. The van der Waals surface area contributed by atoms with Crippen molar-refractivity contribution in [3.05, 3.63) is 53.8 Å². The van der Waals surface area contributed by atoms with Crippen molar-refractivity contribution in [2.75, 3.05) is 11.8 Å². The number of hydrogen-bond donors (Lipinski definition) is 2. The highest BCUT2D eigenvalue weighted by molar-refractivity contribution is 7.92. The zero-order valence-corrected chi connectivity index (χ0v) is 17.3. The van der Waals surface area contributed by atoms with E-state index in [0.29, 0.717) is 11.7 Å². The highest BCUT2D eigenvalue weighted by Gasteiger charge is 2.26. The Morgan fingerprint density at radius 2 is 1.86 bits per heavy atom. The average Bonchev–Trinajstić information content (AvgIpc) is 2.70. The number of amides is 1. The van der Waals surface area contributed by atoms with Crippen molar-refractivity contribution < 1.29 is 22.3 Å². The molecule has 0 aliphatic heterocycles. The number of anilines is 1. The summed E-state index contributed by atoms with van der Waals surface area (Å²) in [5, 5.41) is 2.95. The smallest absolute Gasteiger partial charge is 0.264 e. The summed E-state index contributed by atoms with van der Waals surface area (Å²) in [6.07, 6.45) is 4.10. The van der Waals surface area contributed by atoms with Gasteiger partial charge < -0.3 is 10.1 Å². The highest BCUT2D eigenvalue weighted by Crippen LogP contribution is 2.28. The van der Waals surface area contributed by atoms with E-state index in [9.17, 15) is 17.6 Å². The molecule has 3 rings (SSSR count). The fraction of sp³-hybridized carbons (Fsp3) is 0.381. The molecule has 1 aliphatic rings. The lowest BCUT2D eigenvalue weighted by Gasteiger charge is -2.29. The molecule has 1 fully saturated rings. The maximum absolute atomic E-state index is 14.4. The molecule has 0 saturated heterocycles. The van der Waals surface area contributed by atoms with Crippen molar-refractivity contribution in [3.63, 3.8) is 0 Å². The van der Waals surface area contributed by atoms with Gasteiger partial charge in [-0.25, -0.2) is 12.8 Å². The van der Waals surface area contributed by atoms with Crippen molar-refractivity contribution in [2.24, 2.45) is 5.92 Å². The molecule has 29 heavy (non-hydrogen) atoms. The summed E-state index contributed by atoms with van der Waals surface area (Å²) in [4.78, 5) is 12.0. The Hall–Kier alpha value is -2.61. The van der Waals surface area contributed by atoms with Crippen molar-refractivity contribution in [1.82, 2.24) is 5.32 Å². The number of benzene rings is 2. The summed E-state index contributed by atoms with van der Waals surface area (Å²) in [5.74, 6) is -0.687. The largest absolute Gasteiger partial charge is 0.495 e. The van der Waals surface area contributed by atoms with Crippen LogP contribution >= 0.6 is 0 Å². The summed E-state index contributed by atoms with van der Waals surface area (Å²) in [6.45, 7) is 2.09. The van der Waals surface area contributed by atoms with Crippen LogP contribution in [0.1, 0.15) is 43.0 Å². The lowest BCUT2D eigenvalue weighted by molar-refractivity contribution is 0.0910. The van der Waals surface area contributed by atoms with Gasteiger partial charge >= 0.3 is 0 Å². The number of para-hydroxylation sites is 2. The Kier molecular flexibility index (Phi) is 6.42. The molecule has 0 bridgehead atoms. The molecule has 2 atom stereocenters. The minimum absolute atomic E-state index is 0.0352. The lowest BCUT2D eigenvalue weighted by Crippen LogP contribution is -2.41. The van der Waals surface area contributed by atoms with Crippen LogP contribution < -0.4 is 14.8 Å². The van der Waals surface area contributed by atoms with E-state index in [1.807, 2.05) is 0 Å². The molecule has 2 aromatic rings. The van der Waals surface area contributed by atoms with E-state index in [4.69, 9.17) is 4.74 Å². The molecule has 0 radical (unpaired) electrons. The van der Waals surface area contributed by atoms with Crippen LogP contribution in [0.25, 0.3) is 0 Å². The quantitative estimate of drug-likeness (QED) is 0.741. The van der Waals surface area contributed by atoms with Gasteiger partial charge in [0.05, 0.1) is 12.8 Å². The molecule has 2 N–H and O–H groups in total. The standard InChI is InChI=1S/C21H25FN2O4S/c1-14-7-3-4-8-17(14)23-21(25)15-11-12-16(22)20(13-15)29(26,27)24-18-9-5-6-10-19(18)28-2/h5-6,9-14,17,24H,3-4,7-8H2,1-2H3,(H,23,25)/t14-,17+/m1/s1. The van der Waals surface area contributed by atoms with E-state index in [2.05, 4.69) is 17.0 Å². The second-order valence-corrected chi connectivity index (χ2v) is 8.94. The van der Waals surface area contributed by atoms with Crippen LogP contribution in [0.5, 0.6) is 5.75 Å². The zero-order chi connectivity index (χ0) is 21.0. The summed E-state index contributed by atoms with van der Waals surface area (Å²) < 4.78 is 47.3. The summed E-state index contributed by atoms with van der Waals surface area (Å²) in [7, 11) is -2.85. The van der Waals surface area contributed by atoms with Gasteiger partial charge in [0.2, 0.25) is 0 Å². The van der Waals surface area contributed by atoms with Gasteiger partial charge in [0.15, 0.2) is 0 Å². The first kappa shape index (κ1) is 21.1. The van der Waals surface area contributed by atoms with Crippen molar-refractivity contribution in [3.8, 4) is 5.75 Å². The number of methoxy groups -OCH3 is 1. The molecule has 0 aromatic heterocycles. The van der Waals surface area contributed by atoms with E-state index in [-0.39, 0.29) is 17.3 Å². The molecule has 0 heterocycles. The van der Waals surface area contributed by atoms with Crippen LogP contribution in [0.4, 0.5) is 10.1 Å². The molecule has 6 nitrogen and oxygen atoms in total. The van der Waals surface area contributed by atoms with Crippen LogP contribution in [-0.2, 0) is 10.0 Å². The molecular formula is C21H25FN2O4S. The van der Waals surface area contributed by atoms with Gasteiger partial charge in [-0.1, -0.05) is 31.9 Å². The molecular weight excluding hydrogens is 395 g/mol. The predicted molar refractivity (Wildman–Crippen MR) is 109 cm³/mol. The first-order chi connectivity index (χ1) is 13.8. The number of carbonyl (C=O) groups excluding carboxylic acids is 1. The van der Waals surface area contributed by atoms with Gasteiger partial charge in [0.25, 0.3) is 15.9 Å². The van der Waals surface area contributed by atoms with Crippen LogP contribution in [0.2, 0.25) is 0 Å². The Labute approximate surface area is 170 Å². The van der Waals surface area contributed by atoms with Crippen LogP contribution in [0.3, 0.4) is 0 Å². The van der Waals surface area contributed by atoms with Crippen LogP contribution in [0, 0.1) is 11.7 Å². The van der Waals surface area contributed by atoms with Crippen LogP contribution in [-0.4, -0.2) is 27.5 Å². The third kappa shape index (κ3) is 4.87. The Morgan fingerprint density at radius 3 is 2.59 bits per heavy atom. The SMILES string of the molecule is COc1ccccc1NS(=O)(=O)c1cc(C(=O)N[C@H]2CCCC[C@H]2C)ccc1F. The van der Waals surface area contributed by atoms with E-state index < -0.39 is 26.6 Å². The second-order valence-electron chi connectivity index (χ2n) is 7.29. The second kappa shape index (κ2) is 8.82. The molecule has 1 saturated carbocycles. The van der Waals surface area contributed by atoms with Crippen molar-refractivity contribution in [1.29, 1.82) is 0 Å². The normalized spacial score (nSPS) is 19.4. The van der Waals surface area contributed by atoms with Gasteiger partial charge in [0.1, 0.15) is 16.5 Å². The summed E-state index contributed by atoms with van der Waals surface area (Å²) >= 11 is 0. The van der Waals surface area contributed by atoms with Gasteiger partial charge in [-0.2, -0.15) is 0 Å². The summed E-state index contributed by atoms with van der Waals surface area (Å²) in [5.41, 5.74) is 0.282. The number of sulfonamides is 1. The van der Waals surface area contributed by atoms with Crippen LogP contribution in [0.15, 0.2) is 47.4 Å². The van der Waals surface area contributed by atoms with E-state index >= 15 is 0 Å². The molecule has 1 amide bonds. The molecule has 1 aliphatic carbocycles. The van der Waals surface area contributed by atoms with E-state index in [1.165, 1.54) is 19.2 Å². The fourth-order valence-corrected chi connectivity index (χ4v) is 4.74. The van der Waals surface area contributed by atoms with E-state index in [1.54, 1.807) is 18.2 Å². The molecule has 2 aromatic carbocycles. The molecule has 156 valence electrons. The fourth-order valence-electron chi connectivity index (χ4n) is 3.56. The predicted octanol–water partition coefficient (Wildman–Crippen LogP) is 3.94. The first-order valence-corrected chi connectivity index (χ1v) is 11.1. The van der Waals surface area contributed by atoms with Gasteiger partial charge in [-0.3, -0.25) is 9.52 Å². The number of hydrogen-bond acceptors (Lipinski definition) is 4. The lowest BCUT2D eigenvalue weighted by atomic mass is 9.86. The number of halogens is 1. The monoisotopic (exact) mass is 420 g/mol. The number of ether oxygens (including phenoxy) is 1. The zero-order valence-electron chi connectivity index (χ0n) is 16.4. The minimum atomic E-state index is -4.26.